The van der Waals surface area contributed by atoms with Crippen molar-refractivity contribution in [2.75, 3.05) is 0 Å². The Morgan fingerprint density at radius 2 is 2.00 bits per heavy atom. The molecule has 0 aliphatic carbocycles. The second-order valence-electron chi connectivity index (χ2n) is 3.84. The quantitative estimate of drug-likeness (QED) is 0.680. The molecule has 1 aromatic carbocycles. The topological polar surface area (TPSA) is 43.1 Å². The molecule has 0 fully saturated rings. The number of benzene rings is 1. The van der Waals surface area contributed by atoms with Crippen molar-refractivity contribution in [2.45, 2.75) is 16.7 Å². The van der Waals surface area contributed by atoms with Crippen LogP contribution >= 0.6 is 23.4 Å². The van der Waals surface area contributed by atoms with Gasteiger partial charge in [0, 0.05) is 4.90 Å². The highest BCUT2D eigenvalue weighted by molar-refractivity contribution is 7.99. The molecule has 7 heteroatoms. The molecule has 0 N–H and O–H groups in total. The maximum atomic E-state index is 12.9. The smallest absolute Gasteiger partial charge is 0.215 e. The van der Waals surface area contributed by atoms with Gasteiger partial charge in [0.1, 0.15) is 17.3 Å². The number of hydrogen-bond donors (Lipinski definition) is 0. The van der Waals surface area contributed by atoms with E-state index >= 15 is 0 Å². The average Bonchev–Trinajstić information content (AvgIpc) is 2.85. The van der Waals surface area contributed by atoms with Crippen molar-refractivity contribution in [3.05, 3.63) is 47.3 Å². The van der Waals surface area contributed by atoms with E-state index in [2.05, 4.69) is 15.1 Å². The number of halogens is 2. The molecule has 0 saturated heterocycles. The highest BCUT2D eigenvalue weighted by Crippen LogP contribution is 2.35. The fraction of sp³-hybridized carbons (Fsp3) is 0.0833. The van der Waals surface area contributed by atoms with E-state index in [0.717, 1.165) is 15.5 Å². The predicted molar refractivity (Wildman–Crippen MR) is 71.1 cm³/mol. The van der Waals surface area contributed by atoms with Crippen LogP contribution in [0, 0.1) is 12.7 Å². The Balaban J connectivity index is 2.06. The zero-order chi connectivity index (χ0) is 13.4. The van der Waals surface area contributed by atoms with Gasteiger partial charge in [-0.3, -0.25) is 0 Å². The van der Waals surface area contributed by atoms with Gasteiger partial charge in [-0.2, -0.15) is 14.6 Å². The lowest BCUT2D eigenvalue weighted by molar-refractivity contribution is 0.626. The summed E-state index contributed by atoms with van der Waals surface area (Å²) < 4.78 is 14.4. The van der Waals surface area contributed by atoms with E-state index in [1.165, 1.54) is 34.7 Å². The molecular weight excluding hydrogens is 287 g/mol. The van der Waals surface area contributed by atoms with Crippen LogP contribution in [-0.4, -0.2) is 19.6 Å². The molecule has 2 heterocycles. The maximum absolute atomic E-state index is 12.9. The van der Waals surface area contributed by atoms with Crippen LogP contribution in [0.3, 0.4) is 0 Å². The van der Waals surface area contributed by atoms with Crippen molar-refractivity contribution in [2.24, 2.45) is 0 Å². The number of hydrogen-bond acceptors (Lipinski definition) is 4. The van der Waals surface area contributed by atoms with Crippen molar-refractivity contribution in [1.82, 2.24) is 19.6 Å². The Labute approximate surface area is 117 Å². The van der Waals surface area contributed by atoms with Crippen LogP contribution in [0.4, 0.5) is 4.39 Å². The minimum Gasteiger partial charge on any atom is -0.215 e. The highest BCUT2D eigenvalue weighted by atomic mass is 35.5. The fourth-order valence-electron chi connectivity index (χ4n) is 1.63. The Morgan fingerprint density at radius 3 is 2.74 bits per heavy atom. The van der Waals surface area contributed by atoms with E-state index in [9.17, 15) is 4.39 Å². The summed E-state index contributed by atoms with van der Waals surface area (Å²) in [5, 5.41) is 4.47. The van der Waals surface area contributed by atoms with Gasteiger partial charge in [0.25, 0.3) is 5.78 Å². The van der Waals surface area contributed by atoms with Crippen molar-refractivity contribution in [3.8, 4) is 0 Å². The van der Waals surface area contributed by atoms with Gasteiger partial charge in [0.2, 0.25) is 0 Å². The number of nitrogens with zero attached hydrogens (tertiary/aromatic N) is 4. The summed E-state index contributed by atoms with van der Waals surface area (Å²) in [6, 6.07) is 6.21. The molecule has 0 aliphatic heterocycles. The first-order valence-electron chi connectivity index (χ1n) is 5.44. The van der Waals surface area contributed by atoms with Gasteiger partial charge in [-0.1, -0.05) is 23.4 Å². The van der Waals surface area contributed by atoms with E-state index in [0.29, 0.717) is 10.9 Å². The summed E-state index contributed by atoms with van der Waals surface area (Å²) in [5.74, 6) is 0.197. The molecule has 3 rings (SSSR count). The summed E-state index contributed by atoms with van der Waals surface area (Å²) in [6.45, 7) is 1.85. The van der Waals surface area contributed by atoms with Gasteiger partial charge in [0.05, 0.1) is 10.6 Å². The summed E-state index contributed by atoms with van der Waals surface area (Å²) in [7, 11) is 0. The van der Waals surface area contributed by atoms with E-state index < -0.39 is 0 Å². The third-order valence-electron chi connectivity index (χ3n) is 2.53. The summed E-state index contributed by atoms with van der Waals surface area (Å²) in [5.41, 5.74) is 0.764. The Bertz CT molecular complexity index is 741. The van der Waals surface area contributed by atoms with Gasteiger partial charge in [-0.25, -0.2) is 9.37 Å². The molecule has 4 nitrogen and oxygen atoms in total. The molecule has 0 saturated carbocycles. The predicted octanol–water partition coefficient (Wildman–Crippen LogP) is 3.38. The SMILES string of the molecule is Cc1nc2ncnn2c(Cl)c1Sc1ccc(F)cc1. The molecule has 0 spiro atoms. The molecule has 0 unspecified atom stereocenters. The second-order valence-corrected chi connectivity index (χ2v) is 5.29. The summed E-state index contributed by atoms with van der Waals surface area (Å²) >= 11 is 7.71. The minimum atomic E-state index is -0.267. The standard InChI is InChI=1S/C12H8ClFN4S/c1-7-10(19-9-4-2-8(14)3-5-9)11(13)18-12(17-7)15-6-16-18/h2-6H,1H3. The molecule has 96 valence electrons. The molecule has 0 radical (unpaired) electrons. The van der Waals surface area contributed by atoms with E-state index in [4.69, 9.17) is 11.6 Å². The average molecular weight is 295 g/mol. The first-order valence-corrected chi connectivity index (χ1v) is 6.64. The lowest BCUT2D eigenvalue weighted by Gasteiger charge is -2.08. The van der Waals surface area contributed by atoms with Gasteiger partial charge >= 0.3 is 0 Å². The number of aryl methyl sites for hydroxylation is 1. The fourth-order valence-corrected chi connectivity index (χ4v) is 2.88. The van der Waals surface area contributed by atoms with Crippen LogP contribution in [-0.2, 0) is 0 Å². The van der Waals surface area contributed by atoms with E-state index in [1.807, 2.05) is 6.92 Å². The van der Waals surface area contributed by atoms with Crippen LogP contribution in [0.5, 0.6) is 0 Å². The van der Waals surface area contributed by atoms with E-state index in [1.54, 1.807) is 12.1 Å². The molecule has 0 bridgehead atoms. The van der Waals surface area contributed by atoms with Crippen LogP contribution < -0.4 is 0 Å². The number of aromatic nitrogens is 4. The first-order chi connectivity index (χ1) is 9.15. The lowest BCUT2D eigenvalue weighted by atomic mass is 10.4. The summed E-state index contributed by atoms with van der Waals surface area (Å²) in [6.07, 6.45) is 1.40. The molecular formula is C12H8ClFN4S. The molecule has 19 heavy (non-hydrogen) atoms. The maximum Gasteiger partial charge on any atom is 0.253 e. The van der Waals surface area contributed by atoms with Crippen LogP contribution in [0.1, 0.15) is 5.69 Å². The van der Waals surface area contributed by atoms with Crippen molar-refractivity contribution < 1.29 is 4.39 Å². The van der Waals surface area contributed by atoms with Gasteiger partial charge < -0.3 is 0 Å². The molecule has 3 aromatic rings. The van der Waals surface area contributed by atoms with E-state index in [-0.39, 0.29) is 5.82 Å². The third kappa shape index (κ3) is 2.29. The van der Waals surface area contributed by atoms with Gasteiger partial charge in [0.15, 0.2) is 0 Å². The Hall–Kier alpha value is -1.66. The first kappa shape index (κ1) is 12.4. The van der Waals surface area contributed by atoms with Crippen LogP contribution in [0.25, 0.3) is 5.78 Å². The van der Waals surface area contributed by atoms with Crippen molar-refractivity contribution >= 4 is 29.1 Å². The molecule has 0 atom stereocenters. The highest BCUT2D eigenvalue weighted by Gasteiger charge is 2.13. The van der Waals surface area contributed by atoms with Crippen molar-refractivity contribution in [3.63, 3.8) is 0 Å². The third-order valence-corrected chi connectivity index (χ3v) is 4.19. The Morgan fingerprint density at radius 1 is 1.26 bits per heavy atom. The van der Waals surface area contributed by atoms with Crippen LogP contribution in [0.2, 0.25) is 5.15 Å². The number of rotatable bonds is 2. The summed E-state index contributed by atoms with van der Waals surface area (Å²) in [4.78, 5) is 9.98. The molecule has 0 aliphatic rings. The lowest BCUT2D eigenvalue weighted by Crippen LogP contribution is -1.98. The monoisotopic (exact) mass is 294 g/mol. The van der Waals surface area contributed by atoms with Crippen molar-refractivity contribution in [1.29, 1.82) is 0 Å². The zero-order valence-corrected chi connectivity index (χ0v) is 11.4. The van der Waals surface area contributed by atoms with Crippen LogP contribution in [0.15, 0.2) is 40.4 Å². The molecule has 2 aromatic heterocycles. The second kappa shape index (κ2) is 4.79. The van der Waals surface area contributed by atoms with Gasteiger partial charge in [-0.15, -0.1) is 0 Å². The molecule has 0 amide bonds. The largest absolute Gasteiger partial charge is 0.253 e. The van der Waals surface area contributed by atoms with Gasteiger partial charge in [-0.05, 0) is 31.2 Å². The Kier molecular flexibility index (Phi) is 3.12. The normalized spacial score (nSPS) is 11.1. The minimum absolute atomic E-state index is 0.267. The zero-order valence-electron chi connectivity index (χ0n) is 9.84. The number of fused-ring (bicyclic) bond motifs is 1.